The molecule has 1 aromatic carbocycles. The molecule has 0 aliphatic rings. The van der Waals surface area contributed by atoms with E-state index in [-0.39, 0.29) is 6.04 Å². The highest BCUT2D eigenvalue weighted by Gasteiger charge is 2.20. The van der Waals surface area contributed by atoms with Gasteiger partial charge in [0, 0.05) is 12.6 Å². The number of carbonyl (C=O) groups is 1. The highest BCUT2D eigenvalue weighted by Crippen LogP contribution is 2.24. The molecule has 6 heteroatoms. The number of hydrogen-bond donors (Lipinski definition) is 1. The fourth-order valence-electron chi connectivity index (χ4n) is 1.54. The molecule has 4 nitrogen and oxygen atoms in total. The van der Waals surface area contributed by atoms with Crippen LogP contribution < -0.4 is 10.1 Å². The Morgan fingerprint density at radius 3 is 2.25 bits per heavy atom. The van der Waals surface area contributed by atoms with Crippen LogP contribution in [0.2, 0.25) is 0 Å². The number of esters is 1. The topological polar surface area (TPSA) is 47.6 Å². The van der Waals surface area contributed by atoms with Crippen molar-refractivity contribution >= 4 is 5.97 Å². The van der Waals surface area contributed by atoms with Gasteiger partial charge in [-0.15, -0.1) is 0 Å². The van der Waals surface area contributed by atoms with Crippen LogP contribution in [0.15, 0.2) is 12.1 Å². The number of methoxy groups -OCH3 is 1. The molecule has 0 heterocycles. The summed E-state index contributed by atoms with van der Waals surface area (Å²) in [7, 11) is 1.18. The maximum atomic E-state index is 13.8. The number of nitrogens with one attached hydrogen (secondary N) is 1. The van der Waals surface area contributed by atoms with Crippen LogP contribution in [0, 0.1) is 11.6 Å². The normalized spacial score (nSPS) is 12.3. The van der Waals surface area contributed by atoms with Gasteiger partial charge in [-0.2, -0.15) is 0 Å². The van der Waals surface area contributed by atoms with Crippen molar-refractivity contribution in [2.45, 2.75) is 39.5 Å². The van der Waals surface area contributed by atoms with Crippen LogP contribution in [0.1, 0.15) is 26.3 Å². The average Bonchev–Trinajstić information content (AvgIpc) is 2.39. The van der Waals surface area contributed by atoms with Crippen LogP contribution in [0.5, 0.6) is 5.75 Å². The maximum absolute atomic E-state index is 13.8. The number of benzene rings is 1. The van der Waals surface area contributed by atoms with E-state index in [9.17, 15) is 13.6 Å². The summed E-state index contributed by atoms with van der Waals surface area (Å²) in [6.07, 6.45) is -1.08. The summed E-state index contributed by atoms with van der Waals surface area (Å²) in [5.74, 6) is -2.96. The van der Waals surface area contributed by atoms with Crippen molar-refractivity contribution in [2.75, 3.05) is 7.11 Å². The maximum Gasteiger partial charge on any atom is 0.346 e. The minimum Gasteiger partial charge on any atom is -0.473 e. The first kappa shape index (κ1) is 16.4. The SMILES string of the molecule is COC(=O)C(C)Oc1c(F)cc(CNC(C)C)cc1F. The summed E-state index contributed by atoms with van der Waals surface area (Å²) >= 11 is 0. The zero-order valence-electron chi connectivity index (χ0n) is 12.0. The van der Waals surface area contributed by atoms with E-state index >= 15 is 0 Å². The smallest absolute Gasteiger partial charge is 0.346 e. The van der Waals surface area contributed by atoms with E-state index in [4.69, 9.17) is 4.74 Å². The van der Waals surface area contributed by atoms with E-state index in [2.05, 4.69) is 10.1 Å². The second-order valence-corrected chi connectivity index (χ2v) is 4.71. The lowest BCUT2D eigenvalue weighted by molar-refractivity contribution is -0.148. The van der Waals surface area contributed by atoms with Crippen molar-refractivity contribution in [2.24, 2.45) is 0 Å². The summed E-state index contributed by atoms with van der Waals surface area (Å²) < 4.78 is 37.0. The minimum absolute atomic E-state index is 0.205. The van der Waals surface area contributed by atoms with E-state index < -0.39 is 29.5 Å². The lowest BCUT2D eigenvalue weighted by atomic mass is 10.2. The summed E-state index contributed by atoms with van der Waals surface area (Å²) in [5.41, 5.74) is 0.465. The Labute approximate surface area is 117 Å². The molecule has 0 aromatic heterocycles. The lowest BCUT2D eigenvalue weighted by Gasteiger charge is -2.15. The summed E-state index contributed by atoms with van der Waals surface area (Å²) in [5, 5.41) is 3.06. The molecule has 0 radical (unpaired) electrons. The highest BCUT2D eigenvalue weighted by atomic mass is 19.1. The Bertz CT molecular complexity index is 454. The van der Waals surface area contributed by atoms with E-state index in [1.54, 1.807) is 0 Å². The Kier molecular flexibility index (Phi) is 5.88. The lowest BCUT2D eigenvalue weighted by Crippen LogP contribution is -2.26. The van der Waals surface area contributed by atoms with Crippen LogP contribution in [0.4, 0.5) is 8.78 Å². The number of ether oxygens (including phenoxy) is 2. The third-order valence-electron chi connectivity index (χ3n) is 2.60. The summed E-state index contributed by atoms with van der Waals surface area (Å²) in [6.45, 7) is 5.57. The predicted molar refractivity (Wildman–Crippen MR) is 70.4 cm³/mol. The van der Waals surface area contributed by atoms with Gasteiger partial charge in [0.2, 0.25) is 0 Å². The number of halogens is 2. The Hall–Kier alpha value is -1.69. The molecule has 0 aliphatic heterocycles. The number of hydrogen-bond acceptors (Lipinski definition) is 4. The van der Waals surface area contributed by atoms with Gasteiger partial charge in [-0.3, -0.25) is 0 Å². The largest absolute Gasteiger partial charge is 0.473 e. The van der Waals surface area contributed by atoms with Crippen LogP contribution in [0.25, 0.3) is 0 Å². The molecule has 0 saturated carbocycles. The molecule has 1 N–H and O–H groups in total. The minimum atomic E-state index is -1.08. The standard InChI is InChI=1S/C14H19F2NO3/c1-8(2)17-7-10-5-11(15)13(12(16)6-10)20-9(3)14(18)19-4/h5-6,8-9,17H,7H2,1-4H3. The molecular formula is C14H19F2NO3. The Morgan fingerprint density at radius 2 is 1.80 bits per heavy atom. The average molecular weight is 287 g/mol. The molecule has 0 spiro atoms. The van der Waals surface area contributed by atoms with Gasteiger partial charge >= 0.3 is 5.97 Å². The fraction of sp³-hybridized carbons (Fsp3) is 0.500. The summed E-state index contributed by atoms with van der Waals surface area (Å²) in [6, 6.07) is 2.56. The first-order chi connectivity index (χ1) is 9.35. The molecule has 1 unspecified atom stereocenters. The number of carbonyl (C=O) groups excluding carboxylic acids is 1. The molecule has 1 aromatic rings. The van der Waals surface area contributed by atoms with Gasteiger partial charge < -0.3 is 14.8 Å². The van der Waals surface area contributed by atoms with Gasteiger partial charge in [-0.05, 0) is 24.6 Å². The van der Waals surface area contributed by atoms with Gasteiger partial charge in [-0.25, -0.2) is 13.6 Å². The van der Waals surface area contributed by atoms with Crippen LogP contribution in [-0.4, -0.2) is 25.2 Å². The van der Waals surface area contributed by atoms with Crippen LogP contribution in [0.3, 0.4) is 0 Å². The predicted octanol–water partition coefficient (Wildman–Crippen LogP) is 2.40. The Morgan fingerprint density at radius 1 is 1.25 bits per heavy atom. The molecule has 0 saturated heterocycles. The molecule has 0 aliphatic carbocycles. The first-order valence-electron chi connectivity index (χ1n) is 6.31. The summed E-state index contributed by atoms with van der Waals surface area (Å²) in [4.78, 5) is 11.2. The first-order valence-corrected chi connectivity index (χ1v) is 6.31. The van der Waals surface area contributed by atoms with Crippen molar-refractivity contribution in [3.63, 3.8) is 0 Å². The van der Waals surface area contributed by atoms with E-state index in [0.717, 1.165) is 0 Å². The van der Waals surface area contributed by atoms with Gasteiger partial charge in [0.1, 0.15) is 0 Å². The highest BCUT2D eigenvalue weighted by molar-refractivity contribution is 5.74. The second kappa shape index (κ2) is 7.19. The van der Waals surface area contributed by atoms with Gasteiger partial charge in [0.25, 0.3) is 0 Å². The molecular weight excluding hydrogens is 268 g/mol. The van der Waals surface area contributed by atoms with Gasteiger partial charge in [0.15, 0.2) is 23.5 Å². The van der Waals surface area contributed by atoms with E-state index in [1.807, 2.05) is 13.8 Å². The van der Waals surface area contributed by atoms with E-state index in [0.29, 0.717) is 12.1 Å². The van der Waals surface area contributed by atoms with E-state index in [1.165, 1.54) is 26.2 Å². The quantitative estimate of drug-likeness (QED) is 0.816. The van der Waals surface area contributed by atoms with Crippen molar-refractivity contribution in [1.82, 2.24) is 5.32 Å². The molecule has 0 fully saturated rings. The fourth-order valence-corrected chi connectivity index (χ4v) is 1.54. The molecule has 1 rings (SSSR count). The van der Waals surface area contributed by atoms with Crippen molar-refractivity contribution < 1.29 is 23.0 Å². The van der Waals surface area contributed by atoms with Gasteiger partial charge in [-0.1, -0.05) is 13.8 Å². The van der Waals surface area contributed by atoms with Crippen molar-refractivity contribution in [3.05, 3.63) is 29.3 Å². The van der Waals surface area contributed by atoms with Gasteiger partial charge in [0.05, 0.1) is 7.11 Å². The Balaban J connectivity index is 2.86. The molecule has 1 atom stereocenters. The van der Waals surface area contributed by atoms with Crippen molar-refractivity contribution in [3.8, 4) is 5.75 Å². The zero-order chi connectivity index (χ0) is 15.3. The third-order valence-corrected chi connectivity index (χ3v) is 2.60. The molecule has 20 heavy (non-hydrogen) atoms. The van der Waals surface area contributed by atoms with Crippen LogP contribution in [-0.2, 0) is 16.1 Å². The van der Waals surface area contributed by atoms with Crippen molar-refractivity contribution in [1.29, 1.82) is 0 Å². The second-order valence-electron chi connectivity index (χ2n) is 4.71. The zero-order valence-corrected chi connectivity index (χ0v) is 12.0. The molecule has 0 bridgehead atoms. The van der Waals surface area contributed by atoms with Crippen LogP contribution >= 0.6 is 0 Å². The molecule has 112 valence electrons. The number of rotatable bonds is 6. The third kappa shape index (κ3) is 4.45. The molecule has 0 amide bonds. The monoisotopic (exact) mass is 287 g/mol.